The molecule has 2 fully saturated rings. The maximum absolute atomic E-state index is 12.6. The van der Waals surface area contributed by atoms with E-state index in [0.717, 1.165) is 31.0 Å². The fourth-order valence-electron chi connectivity index (χ4n) is 3.08. The molecule has 1 atom stereocenters. The van der Waals surface area contributed by atoms with E-state index in [4.69, 9.17) is 16.3 Å². The van der Waals surface area contributed by atoms with Gasteiger partial charge in [-0.1, -0.05) is 23.7 Å². The number of carbonyl (C=O) groups excluding carboxylic acids is 1. The van der Waals surface area contributed by atoms with E-state index in [1.807, 2.05) is 24.0 Å². The third-order valence-electron chi connectivity index (χ3n) is 4.41. The number of rotatable bonds is 2. The number of halogens is 1. The largest absolute Gasteiger partial charge is 0.379 e. The van der Waals surface area contributed by atoms with Crippen LogP contribution < -0.4 is 0 Å². The standard InChI is InChI=1S/C16H20ClNO2/c1-16(10-20-11-16)15(19)18-8-2-3-13(9-18)12-4-6-14(17)7-5-12/h4-7,13H,2-3,8-11H2,1H3/t13-/m1/s1. The molecule has 0 bridgehead atoms. The first-order chi connectivity index (χ1) is 9.58. The van der Waals surface area contributed by atoms with Crippen molar-refractivity contribution in [2.45, 2.75) is 25.7 Å². The molecule has 0 N–H and O–H groups in total. The molecule has 4 heteroatoms. The van der Waals surface area contributed by atoms with Crippen molar-refractivity contribution in [2.75, 3.05) is 26.3 Å². The predicted octanol–water partition coefficient (Wildman–Crippen LogP) is 3.08. The van der Waals surface area contributed by atoms with Gasteiger partial charge in [0, 0.05) is 24.0 Å². The van der Waals surface area contributed by atoms with Crippen LogP contribution in [0.5, 0.6) is 0 Å². The molecule has 0 saturated carbocycles. The number of likely N-dealkylation sites (tertiary alicyclic amines) is 1. The summed E-state index contributed by atoms with van der Waals surface area (Å²) in [4.78, 5) is 14.6. The van der Waals surface area contributed by atoms with E-state index < -0.39 is 0 Å². The smallest absolute Gasteiger partial charge is 0.233 e. The van der Waals surface area contributed by atoms with Crippen LogP contribution in [-0.4, -0.2) is 37.1 Å². The van der Waals surface area contributed by atoms with Crippen LogP contribution in [0.4, 0.5) is 0 Å². The molecule has 2 heterocycles. The normalized spacial score (nSPS) is 25.1. The molecule has 20 heavy (non-hydrogen) atoms. The Morgan fingerprint density at radius 3 is 2.65 bits per heavy atom. The van der Waals surface area contributed by atoms with E-state index in [1.165, 1.54) is 5.56 Å². The van der Waals surface area contributed by atoms with Crippen molar-refractivity contribution < 1.29 is 9.53 Å². The van der Waals surface area contributed by atoms with Crippen LogP contribution >= 0.6 is 11.6 Å². The molecule has 1 aromatic carbocycles. The van der Waals surface area contributed by atoms with Crippen molar-refractivity contribution in [2.24, 2.45) is 5.41 Å². The number of carbonyl (C=O) groups is 1. The molecule has 1 amide bonds. The first-order valence-corrected chi connectivity index (χ1v) is 7.59. The van der Waals surface area contributed by atoms with Gasteiger partial charge in [0.1, 0.15) is 0 Å². The number of hydrogen-bond acceptors (Lipinski definition) is 2. The van der Waals surface area contributed by atoms with Crippen LogP contribution in [0.15, 0.2) is 24.3 Å². The monoisotopic (exact) mass is 293 g/mol. The average Bonchev–Trinajstić information content (AvgIpc) is 2.45. The predicted molar refractivity (Wildman–Crippen MR) is 78.9 cm³/mol. The second-order valence-corrected chi connectivity index (χ2v) is 6.63. The van der Waals surface area contributed by atoms with Crippen molar-refractivity contribution in [3.63, 3.8) is 0 Å². The van der Waals surface area contributed by atoms with Crippen molar-refractivity contribution in [1.29, 1.82) is 0 Å². The van der Waals surface area contributed by atoms with Gasteiger partial charge in [0.25, 0.3) is 0 Å². The number of hydrogen-bond donors (Lipinski definition) is 0. The molecule has 3 nitrogen and oxygen atoms in total. The summed E-state index contributed by atoms with van der Waals surface area (Å²) in [5, 5.41) is 0.761. The SMILES string of the molecule is CC1(C(=O)N2CCC[C@@H](c3ccc(Cl)cc3)C2)COC1. The van der Waals surface area contributed by atoms with Gasteiger partial charge in [0.05, 0.1) is 18.6 Å². The third kappa shape index (κ3) is 2.57. The number of benzene rings is 1. The lowest BCUT2D eigenvalue weighted by Crippen LogP contribution is -2.55. The van der Waals surface area contributed by atoms with Gasteiger partial charge in [-0.2, -0.15) is 0 Å². The third-order valence-corrected chi connectivity index (χ3v) is 4.66. The Hall–Kier alpha value is -1.06. The van der Waals surface area contributed by atoms with E-state index in [-0.39, 0.29) is 11.3 Å². The fraction of sp³-hybridized carbons (Fsp3) is 0.562. The first kappa shape index (κ1) is 13.9. The van der Waals surface area contributed by atoms with Gasteiger partial charge in [-0.05, 0) is 37.5 Å². The summed E-state index contributed by atoms with van der Waals surface area (Å²) in [7, 11) is 0. The maximum atomic E-state index is 12.6. The summed E-state index contributed by atoms with van der Waals surface area (Å²) < 4.78 is 5.21. The Kier molecular flexibility index (Phi) is 3.74. The highest BCUT2D eigenvalue weighted by molar-refractivity contribution is 6.30. The summed E-state index contributed by atoms with van der Waals surface area (Å²) in [6, 6.07) is 8.02. The lowest BCUT2D eigenvalue weighted by Gasteiger charge is -2.43. The summed E-state index contributed by atoms with van der Waals surface area (Å²) in [6.07, 6.45) is 2.20. The minimum absolute atomic E-state index is 0.252. The van der Waals surface area contributed by atoms with Gasteiger partial charge in [0.2, 0.25) is 5.91 Å². The molecule has 2 saturated heterocycles. The second kappa shape index (κ2) is 5.38. The summed E-state index contributed by atoms with van der Waals surface area (Å²) >= 11 is 5.94. The van der Waals surface area contributed by atoms with Crippen LogP contribution in [0.3, 0.4) is 0 Å². The van der Waals surface area contributed by atoms with Gasteiger partial charge < -0.3 is 9.64 Å². The van der Waals surface area contributed by atoms with Crippen LogP contribution in [0.2, 0.25) is 5.02 Å². The Bertz CT molecular complexity index is 496. The van der Waals surface area contributed by atoms with Gasteiger partial charge in [-0.25, -0.2) is 0 Å². The van der Waals surface area contributed by atoms with Gasteiger partial charge in [-0.15, -0.1) is 0 Å². The summed E-state index contributed by atoms with van der Waals surface area (Å²) in [5.74, 6) is 0.678. The Labute approximate surface area is 124 Å². The molecule has 2 aliphatic rings. The van der Waals surface area contributed by atoms with Crippen molar-refractivity contribution in [3.05, 3.63) is 34.9 Å². The van der Waals surface area contributed by atoms with E-state index in [0.29, 0.717) is 19.1 Å². The highest BCUT2D eigenvalue weighted by atomic mass is 35.5. The molecule has 1 aromatic rings. The maximum Gasteiger partial charge on any atom is 0.233 e. The zero-order chi connectivity index (χ0) is 14.2. The van der Waals surface area contributed by atoms with Crippen molar-refractivity contribution in [3.8, 4) is 0 Å². The molecular formula is C16H20ClNO2. The number of nitrogens with zero attached hydrogens (tertiary/aromatic N) is 1. The molecule has 0 radical (unpaired) electrons. The Morgan fingerprint density at radius 1 is 1.35 bits per heavy atom. The lowest BCUT2D eigenvalue weighted by molar-refractivity contribution is -0.169. The van der Waals surface area contributed by atoms with E-state index >= 15 is 0 Å². The zero-order valence-electron chi connectivity index (χ0n) is 11.8. The van der Waals surface area contributed by atoms with Crippen LogP contribution in [0.25, 0.3) is 0 Å². The topological polar surface area (TPSA) is 29.5 Å². The average molecular weight is 294 g/mol. The van der Waals surface area contributed by atoms with E-state index in [1.54, 1.807) is 0 Å². The zero-order valence-corrected chi connectivity index (χ0v) is 12.5. The Morgan fingerprint density at radius 2 is 2.05 bits per heavy atom. The molecule has 0 aliphatic carbocycles. The summed E-state index contributed by atoms with van der Waals surface area (Å²) in [5.41, 5.74) is 0.990. The van der Waals surface area contributed by atoms with Crippen molar-refractivity contribution >= 4 is 17.5 Å². The minimum atomic E-state index is -0.290. The fourth-order valence-corrected chi connectivity index (χ4v) is 3.21. The molecule has 0 unspecified atom stereocenters. The van der Waals surface area contributed by atoms with E-state index in [9.17, 15) is 4.79 Å². The molecule has 2 aliphatic heterocycles. The van der Waals surface area contributed by atoms with Crippen LogP contribution in [0.1, 0.15) is 31.2 Å². The Balaban J connectivity index is 1.70. The number of piperidine rings is 1. The number of amides is 1. The minimum Gasteiger partial charge on any atom is -0.379 e. The van der Waals surface area contributed by atoms with Gasteiger partial charge >= 0.3 is 0 Å². The molecular weight excluding hydrogens is 274 g/mol. The lowest BCUT2D eigenvalue weighted by atomic mass is 9.84. The summed E-state index contributed by atoms with van der Waals surface area (Å²) in [6.45, 7) is 4.82. The molecule has 3 rings (SSSR count). The quantitative estimate of drug-likeness (QED) is 0.839. The second-order valence-electron chi connectivity index (χ2n) is 6.20. The van der Waals surface area contributed by atoms with Crippen LogP contribution in [-0.2, 0) is 9.53 Å². The first-order valence-electron chi connectivity index (χ1n) is 7.21. The molecule has 108 valence electrons. The van der Waals surface area contributed by atoms with Crippen LogP contribution in [0, 0.1) is 5.41 Å². The highest BCUT2D eigenvalue weighted by Crippen LogP contribution is 2.33. The molecule has 0 spiro atoms. The number of ether oxygens (including phenoxy) is 1. The highest BCUT2D eigenvalue weighted by Gasteiger charge is 2.44. The van der Waals surface area contributed by atoms with Gasteiger partial charge in [0.15, 0.2) is 0 Å². The van der Waals surface area contributed by atoms with E-state index in [2.05, 4.69) is 12.1 Å². The van der Waals surface area contributed by atoms with Gasteiger partial charge in [-0.3, -0.25) is 4.79 Å². The van der Waals surface area contributed by atoms with Crippen molar-refractivity contribution in [1.82, 2.24) is 4.90 Å². The molecule has 0 aromatic heterocycles.